The van der Waals surface area contributed by atoms with Gasteiger partial charge < -0.3 is 9.88 Å². The Morgan fingerprint density at radius 2 is 1.88 bits per heavy atom. The van der Waals surface area contributed by atoms with Crippen LogP contribution in [-0.2, 0) is 13.6 Å². The Balaban J connectivity index is 2.37. The van der Waals surface area contributed by atoms with E-state index in [9.17, 15) is 0 Å². The first-order chi connectivity index (χ1) is 7.52. The largest absolute Gasteiger partial charge is 0.337 e. The van der Waals surface area contributed by atoms with Gasteiger partial charge in [0, 0.05) is 19.8 Å². The van der Waals surface area contributed by atoms with Crippen molar-refractivity contribution in [2.45, 2.75) is 34.2 Å². The van der Waals surface area contributed by atoms with E-state index in [1.807, 2.05) is 19.6 Å². The topological polar surface area (TPSA) is 29.9 Å². The van der Waals surface area contributed by atoms with Gasteiger partial charge in [0.25, 0.3) is 0 Å². The summed E-state index contributed by atoms with van der Waals surface area (Å²) in [5, 5.41) is 3.53. The normalized spacial score (nSPS) is 12.0. The molecule has 0 aromatic carbocycles. The second-order valence-corrected chi connectivity index (χ2v) is 5.28. The van der Waals surface area contributed by atoms with Gasteiger partial charge in [-0.05, 0) is 24.3 Å². The molecule has 0 aliphatic rings. The summed E-state index contributed by atoms with van der Waals surface area (Å²) in [6.07, 6.45) is 3.77. The number of nitrogens with one attached hydrogen (secondary N) is 1. The van der Waals surface area contributed by atoms with Crippen molar-refractivity contribution in [2.24, 2.45) is 24.8 Å². The molecule has 1 N–H and O–H groups in total. The van der Waals surface area contributed by atoms with E-state index in [-0.39, 0.29) is 0 Å². The number of aryl methyl sites for hydroxylation is 1. The zero-order valence-corrected chi connectivity index (χ0v) is 11.2. The molecule has 1 heterocycles. The van der Waals surface area contributed by atoms with E-state index in [1.165, 1.54) is 5.69 Å². The van der Waals surface area contributed by atoms with Gasteiger partial charge >= 0.3 is 0 Å². The maximum absolute atomic E-state index is 4.11. The van der Waals surface area contributed by atoms with Crippen molar-refractivity contribution in [1.29, 1.82) is 0 Å². The summed E-state index contributed by atoms with van der Waals surface area (Å²) in [6.45, 7) is 11.2. The minimum absolute atomic E-state index is 0.735. The molecule has 16 heavy (non-hydrogen) atoms. The van der Waals surface area contributed by atoms with Crippen LogP contribution < -0.4 is 5.32 Å². The minimum Gasteiger partial charge on any atom is -0.337 e. The number of hydrogen-bond donors (Lipinski definition) is 1. The Hall–Kier alpha value is -0.830. The van der Waals surface area contributed by atoms with Gasteiger partial charge in [-0.25, -0.2) is 4.98 Å². The first kappa shape index (κ1) is 13.2. The van der Waals surface area contributed by atoms with Crippen molar-refractivity contribution in [2.75, 3.05) is 6.54 Å². The quantitative estimate of drug-likeness (QED) is 0.803. The molecule has 0 fully saturated rings. The molecule has 92 valence electrons. The molecule has 0 aliphatic carbocycles. The van der Waals surface area contributed by atoms with Crippen molar-refractivity contribution >= 4 is 0 Å². The first-order valence-electron chi connectivity index (χ1n) is 6.18. The van der Waals surface area contributed by atoms with E-state index >= 15 is 0 Å². The van der Waals surface area contributed by atoms with Crippen molar-refractivity contribution in [3.63, 3.8) is 0 Å². The van der Waals surface area contributed by atoms with Gasteiger partial charge in [-0.1, -0.05) is 27.7 Å². The highest BCUT2D eigenvalue weighted by molar-refractivity contribution is 4.96. The lowest BCUT2D eigenvalue weighted by Crippen LogP contribution is -2.29. The highest BCUT2D eigenvalue weighted by Gasteiger charge is 2.16. The van der Waals surface area contributed by atoms with Crippen molar-refractivity contribution in [3.05, 3.63) is 18.2 Å². The van der Waals surface area contributed by atoms with Crippen molar-refractivity contribution in [1.82, 2.24) is 14.9 Å². The summed E-state index contributed by atoms with van der Waals surface area (Å²) < 4.78 is 2.06. The van der Waals surface area contributed by atoms with Crippen molar-refractivity contribution < 1.29 is 0 Å². The van der Waals surface area contributed by atoms with Crippen LogP contribution in [0, 0.1) is 17.8 Å². The van der Waals surface area contributed by atoms with E-state index in [1.54, 1.807) is 0 Å². The fraction of sp³-hybridized carbons (Fsp3) is 0.769. The first-order valence-corrected chi connectivity index (χ1v) is 6.18. The van der Waals surface area contributed by atoms with Gasteiger partial charge in [-0.3, -0.25) is 0 Å². The molecule has 0 atom stereocenters. The summed E-state index contributed by atoms with van der Waals surface area (Å²) in [6, 6.07) is 0. The number of aromatic nitrogens is 2. The smallest absolute Gasteiger partial charge is 0.0945 e. The molecule has 0 amide bonds. The molecule has 0 saturated carbocycles. The van der Waals surface area contributed by atoms with Gasteiger partial charge in [0.05, 0.1) is 12.0 Å². The van der Waals surface area contributed by atoms with Gasteiger partial charge in [0.15, 0.2) is 0 Å². The molecule has 3 heteroatoms. The maximum atomic E-state index is 4.11. The fourth-order valence-corrected chi connectivity index (χ4v) is 2.16. The van der Waals surface area contributed by atoms with Crippen LogP contribution in [0.1, 0.15) is 33.4 Å². The second-order valence-electron chi connectivity index (χ2n) is 5.28. The SMILES string of the molecule is CC(C)C(CNCc1cncn1C)C(C)C. The van der Waals surface area contributed by atoms with Crippen LogP contribution in [0.3, 0.4) is 0 Å². The van der Waals surface area contributed by atoms with Crippen molar-refractivity contribution in [3.8, 4) is 0 Å². The molecule has 0 saturated heterocycles. The lowest BCUT2D eigenvalue weighted by molar-refractivity contribution is 0.275. The number of hydrogen-bond acceptors (Lipinski definition) is 2. The third-order valence-electron chi connectivity index (χ3n) is 3.32. The zero-order valence-electron chi connectivity index (χ0n) is 11.2. The van der Waals surface area contributed by atoms with E-state index in [2.05, 4.69) is 42.6 Å². The standard InChI is InChI=1S/C13H25N3/c1-10(2)13(11(3)4)8-14-6-12-7-15-9-16(12)5/h7,9-11,13-14H,6,8H2,1-5H3. The molecule has 1 aromatic rings. The highest BCUT2D eigenvalue weighted by atomic mass is 15.0. The van der Waals surface area contributed by atoms with E-state index in [0.29, 0.717) is 0 Å². The van der Waals surface area contributed by atoms with Crippen LogP contribution in [0.2, 0.25) is 0 Å². The third-order valence-corrected chi connectivity index (χ3v) is 3.32. The predicted octanol–water partition coefficient (Wildman–Crippen LogP) is 2.44. The van der Waals surface area contributed by atoms with Gasteiger partial charge in [-0.2, -0.15) is 0 Å². The lowest BCUT2D eigenvalue weighted by atomic mass is 9.85. The highest BCUT2D eigenvalue weighted by Crippen LogP contribution is 2.19. The molecular formula is C13H25N3. The summed E-state index contributed by atoms with van der Waals surface area (Å²) >= 11 is 0. The summed E-state index contributed by atoms with van der Waals surface area (Å²) in [4.78, 5) is 4.11. The van der Waals surface area contributed by atoms with E-state index in [0.717, 1.165) is 30.8 Å². The summed E-state index contributed by atoms with van der Waals surface area (Å²) in [7, 11) is 2.03. The Bertz CT molecular complexity index is 294. The Kier molecular flexibility index (Phi) is 5.00. The minimum atomic E-state index is 0.735. The van der Waals surface area contributed by atoms with Gasteiger partial charge in [0.2, 0.25) is 0 Å². The molecular weight excluding hydrogens is 198 g/mol. The summed E-state index contributed by atoms with van der Waals surface area (Å²) in [5.41, 5.74) is 1.24. The molecule has 0 spiro atoms. The monoisotopic (exact) mass is 223 g/mol. The maximum Gasteiger partial charge on any atom is 0.0945 e. The van der Waals surface area contributed by atoms with Gasteiger partial charge in [-0.15, -0.1) is 0 Å². The molecule has 1 aromatic heterocycles. The number of imidazole rings is 1. The molecule has 0 bridgehead atoms. The Morgan fingerprint density at radius 3 is 2.31 bits per heavy atom. The van der Waals surface area contributed by atoms with Crippen LogP contribution in [0.15, 0.2) is 12.5 Å². The molecule has 3 nitrogen and oxygen atoms in total. The zero-order chi connectivity index (χ0) is 12.1. The lowest BCUT2D eigenvalue weighted by Gasteiger charge is -2.25. The fourth-order valence-electron chi connectivity index (χ4n) is 2.16. The average molecular weight is 223 g/mol. The molecule has 0 unspecified atom stereocenters. The van der Waals surface area contributed by atoms with E-state index in [4.69, 9.17) is 0 Å². The third kappa shape index (κ3) is 3.63. The van der Waals surface area contributed by atoms with Crippen LogP contribution >= 0.6 is 0 Å². The molecule has 0 radical (unpaired) electrons. The predicted molar refractivity (Wildman–Crippen MR) is 68.1 cm³/mol. The molecule has 1 rings (SSSR count). The van der Waals surface area contributed by atoms with Gasteiger partial charge in [0.1, 0.15) is 0 Å². The molecule has 0 aliphatic heterocycles. The average Bonchev–Trinajstić information content (AvgIpc) is 2.57. The van der Waals surface area contributed by atoms with Crippen LogP contribution in [0.5, 0.6) is 0 Å². The van der Waals surface area contributed by atoms with E-state index < -0.39 is 0 Å². The number of nitrogens with zero attached hydrogens (tertiary/aromatic N) is 2. The summed E-state index contributed by atoms with van der Waals surface area (Å²) in [5.74, 6) is 2.21. The Morgan fingerprint density at radius 1 is 1.25 bits per heavy atom. The van der Waals surface area contributed by atoms with Crippen LogP contribution in [0.25, 0.3) is 0 Å². The Labute approximate surface area is 99.3 Å². The number of rotatable bonds is 6. The van der Waals surface area contributed by atoms with Crippen LogP contribution in [-0.4, -0.2) is 16.1 Å². The van der Waals surface area contributed by atoms with Crippen LogP contribution in [0.4, 0.5) is 0 Å². The second kappa shape index (κ2) is 6.04.